The summed E-state index contributed by atoms with van der Waals surface area (Å²) in [6.45, 7) is 6.18. The fourth-order valence-electron chi connectivity index (χ4n) is 2.69. The zero-order valence-corrected chi connectivity index (χ0v) is 13.9. The first-order valence-electron chi connectivity index (χ1n) is 7.75. The number of aromatic nitrogens is 4. The fourth-order valence-corrected chi connectivity index (χ4v) is 2.69. The van der Waals surface area contributed by atoms with Gasteiger partial charge in [-0.15, -0.1) is 0 Å². The molecule has 7 heteroatoms. The third kappa shape index (κ3) is 3.05. The Kier molecular flexibility index (Phi) is 4.16. The molecular formula is C17H19N5O2. The molecule has 0 fully saturated rings. The van der Waals surface area contributed by atoms with Crippen LogP contribution in [0.2, 0.25) is 0 Å². The molecule has 24 heavy (non-hydrogen) atoms. The van der Waals surface area contributed by atoms with Crippen molar-refractivity contribution in [1.29, 1.82) is 0 Å². The maximum atomic E-state index is 12.7. The molecule has 0 bridgehead atoms. The predicted octanol–water partition coefficient (Wildman–Crippen LogP) is 1.54. The van der Waals surface area contributed by atoms with Gasteiger partial charge < -0.3 is 5.32 Å². The van der Waals surface area contributed by atoms with Gasteiger partial charge in [-0.05, 0) is 38.5 Å². The minimum Gasteiger partial charge on any atom is -0.352 e. The van der Waals surface area contributed by atoms with Crippen LogP contribution in [0.4, 0.5) is 0 Å². The molecule has 3 N–H and O–H groups in total. The van der Waals surface area contributed by atoms with Crippen LogP contribution in [-0.4, -0.2) is 32.6 Å². The van der Waals surface area contributed by atoms with E-state index in [1.54, 1.807) is 0 Å². The zero-order valence-electron chi connectivity index (χ0n) is 13.9. The van der Waals surface area contributed by atoms with Crippen LogP contribution in [0.25, 0.3) is 10.9 Å². The lowest BCUT2D eigenvalue weighted by Crippen LogP contribution is -2.27. The highest BCUT2D eigenvalue weighted by Crippen LogP contribution is 2.24. The van der Waals surface area contributed by atoms with Crippen molar-refractivity contribution in [3.63, 3.8) is 0 Å². The number of rotatable bonds is 4. The van der Waals surface area contributed by atoms with Gasteiger partial charge >= 0.3 is 5.69 Å². The number of H-pyrrole nitrogens is 2. The summed E-state index contributed by atoms with van der Waals surface area (Å²) >= 11 is 0. The SMILES string of the molecule is Cc1ccc2nc(C)c(C)c(C(=O)NCCc3n[nH]c(=O)[nH]3)c2c1. The van der Waals surface area contributed by atoms with Gasteiger partial charge in [0, 0.05) is 24.0 Å². The van der Waals surface area contributed by atoms with Crippen molar-refractivity contribution in [3.8, 4) is 0 Å². The molecule has 0 aliphatic heterocycles. The molecular weight excluding hydrogens is 306 g/mol. The van der Waals surface area contributed by atoms with Gasteiger partial charge in [0.2, 0.25) is 0 Å². The molecule has 3 aromatic rings. The van der Waals surface area contributed by atoms with Crippen molar-refractivity contribution in [1.82, 2.24) is 25.5 Å². The molecule has 124 valence electrons. The van der Waals surface area contributed by atoms with Crippen molar-refractivity contribution in [2.75, 3.05) is 6.54 Å². The molecule has 0 aliphatic rings. The van der Waals surface area contributed by atoms with E-state index in [-0.39, 0.29) is 11.6 Å². The molecule has 0 atom stereocenters. The van der Waals surface area contributed by atoms with E-state index in [9.17, 15) is 9.59 Å². The number of amides is 1. The summed E-state index contributed by atoms with van der Waals surface area (Å²) in [5.74, 6) is 0.370. The minimum atomic E-state index is -0.349. The second-order valence-corrected chi connectivity index (χ2v) is 5.85. The van der Waals surface area contributed by atoms with Gasteiger partial charge in [-0.3, -0.25) is 14.8 Å². The van der Waals surface area contributed by atoms with Gasteiger partial charge in [-0.25, -0.2) is 9.89 Å². The van der Waals surface area contributed by atoms with E-state index in [1.807, 2.05) is 39.0 Å². The average molecular weight is 325 g/mol. The van der Waals surface area contributed by atoms with Crippen molar-refractivity contribution in [2.45, 2.75) is 27.2 Å². The Morgan fingerprint density at radius 1 is 1.25 bits per heavy atom. The van der Waals surface area contributed by atoms with Crippen LogP contribution in [0, 0.1) is 20.8 Å². The third-order valence-corrected chi connectivity index (χ3v) is 4.05. The Morgan fingerprint density at radius 3 is 2.75 bits per heavy atom. The molecule has 7 nitrogen and oxygen atoms in total. The van der Waals surface area contributed by atoms with Crippen LogP contribution < -0.4 is 11.0 Å². The van der Waals surface area contributed by atoms with Crippen LogP contribution in [0.5, 0.6) is 0 Å². The summed E-state index contributed by atoms with van der Waals surface area (Å²) in [5.41, 5.74) is 3.91. The maximum absolute atomic E-state index is 12.7. The number of fused-ring (bicyclic) bond motifs is 1. The minimum absolute atomic E-state index is 0.147. The lowest BCUT2D eigenvalue weighted by Gasteiger charge is -2.13. The van der Waals surface area contributed by atoms with Gasteiger partial charge in [-0.1, -0.05) is 11.6 Å². The Balaban J connectivity index is 1.87. The van der Waals surface area contributed by atoms with Gasteiger partial charge in [0.25, 0.3) is 5.91 Å². The number of nitrogens with zero attached hydrogens (tertiary/aromatic N) is 2. The molecule has 2 aromatic heterocycles. The van der Waals surface area contributed by atoms with Gasteiger partial charge in [-0.2, -0.15) is 5.10 Å². The number of hydrogen-bond donors (Lipinski definition) is 3. The van der Waals surface area contributed by atoms with E-state index in [2.05, 4.69) is 25.5 Å². The lowest BCUT2D eigenvalue weighted by atomic mass is 9.99. The van der Waals surface area contributed by atoms with Crippen LogP contribution in [-0.2, 0) is 6.42 Å². The van der Waals surface area contributed by atoms with E-state index in [0.29, 0.717) is 24.4 Å². The zero-order chi connectivity index (χ0) is 17.3. The summed E-state index contributed by atoms with van der Waals surface area (Å²) in [6.07, 6.45) is 0.449. The van der Waals surface area contributed by atoms with Crippen molar-refractivity contribution < 1.29 is 4.79 Å². The summed E-state index contributed by atoms with van der Waals surface area (Å²) in [6, 6.07) is 5.90. The Morgan fingerprint density at radius 2 is 2.04 bits per heavy atom. The van der Waals surface area contributed by atoms with E-state index < -0.39 is 0 Å². The Labute approximate surface area is 138 Å². The molecule has 0 spiro atoms. The predicted molar refractivity (Wildman–Crippen MR) is 91.2 cm³/mol. The number of pyridine rings is 1. The Bertz CT molecular complexity index is 971. The first kappa shape index (κ1) is 15.9. The number of nitrogens with one attached hydrogen (secondary N) is 3. The molecule has 0 unspecified atom stereocenters. The van der Waals surface area contributed by atoms with Gasteiger partial charge in [0.15, 0.2) is 0 Å². The van der Waals surface area contributed by atoms with Crippen LogP contribution in [0.15, 0.2) is 23.0 Å². The number of carbonyl (C=O) groups is 1. The molecule has 3 rings (SSSR count). The second-order valence-electron chi connectivity index (χ2n) is 5.85. The lowest BCUT2D eigenvalue weighted by molar-refractivity contribution is 0.0955. The largest absolute Gasteiger partial charge is 0.352 e. The fraction of sp³-hybridized carbons (Fsp3) is 0.294. The van der Waals surface area contributed by atoms with Crippen LogP contribution >= 0.6 is 0 Å². The standard InChI is InChI=1S/C17H19N5O2/c1-9-4-5-13-12(8-9)15(10(2)11(3)19-13)16(23)18-7-6-14-20-17(24)22-21-14/h4-5,8H,6-7H2,1-3H3,(H,18,23)(H2,20,21,22,24). The first-order chi connectivity index (χ1) is 11.5. The van der Waals surface area contributed by atoms with Gasteiger partial charge in [0.05, 0.1) is 11.1 Å². The second kappa shape index (κ2) is 6.27. The quantitative estimate of drug-likeness (QED) is 0.677. The highest BCUT2D eigenvalue weighted by Gasteiger charge is 2.16. The number of carbonyl (C=O) groups excluding carboxylic acids is 1. The van der Waals surface area contributed by atoms with Crippen molar-refractivity contribution >= 4 is 16.8 Å². The van der Waals surface area contributed by atoms with E-state index in [4.69, 9.17) is 0 Å². The molecule has 0 saturated heterocycles. The third-order valence-electron chi connectivity index (χ3n) is 4.05. The molecule has 0 saturated carbocycles. The Hall–Kier alpha value is -2.96. The normalized spacial score (nSPS) is 11.0. The maximum Gasteiger partial charge on any atom is 0.340 e. The molecule has 0 aliphatic carbocycles. The van der Waals surface area contributed by atoms with E-state index >= 15 is 0 Å². The highest BCUT2D eigenvalue weighted by molar-refractivity contribution is 6.07. The van der Waals surface area contributed by atoms with Crippen LogP contribution in [0.1, 0.15) is 33.0 Å². The van der Waals surface area contributed by atoms with Crippen molar-refractivity contribution in [2.24, 2.45) is 0 Å². The summed E-state index contributed by atoms with van der Waals surface area (Å²) < 4.78 is 0. The highest BCUT2D eigenvalue weighted by atomic mass is 16.2. The number of aromatic amines is 2. The van der Waals surface area contributed by atoms with Crippen molar-refractivity contribution in [3.05, 3.63) is 56.9 Å². The summed E-state index contributed by atoms with van der Waals surface area (Å²) in [5, 5.41) is 9.87. The monoisotopic (exact) mass is 325 g/mol. The molecule has 1 aromatic carbocycles. The van der Waals surface area contributed by atoms with E-state index in [1.165, 1.54) is 0 Å². The average Bonchev–Trinajstić information content (AvgIpc) is 2.94. The first-order valence-corrected chi connectivity index (χ1v) is 7.75. The molecule has 2 heterocycles. The number of hydrogen-bond acceptors (Lipinski definition) is 4. The molecule has 0 radical (unpaired) electrons. The molecule has 1 amide bonds. The summed E-state index contributed by atoms with van der Waals surface area (Å²) in [4.78, 5) is 30.8. The topological polar surface area (TPSA) is 104 Å². The van der Waals surface area contributed by atoms with E-state index in [0.717, 1.165) is 27.7 Å². The van der Waals surface area contributed by atoms with Crippen LogP contribution in [0.3, 0.4) is 0 Å². The number of aryl methyl sites for hydroxylation is 2. The smallest absolute Gasteiger partial charge is 0.340 e. The summed E-state index contributed by atoms with van der Waals surface area (Å²) in [7, 11) is 0. The number of benzene rings is 1. The van der Waals surface area contributed by atoms with Gasteiger partial charge in [0.1, 0.15) is 5.82 Å².